The highest BCUT2D eigenvalue weighted by Gasteiger charge is 2.13. The van der Waals surface area contributed by atoms with Gasteiger partial charge in [-0.15, -0.1) is 11.8 Å². The summed E-state index contributed by atoms with van der Waals surface area (Å²) >= 11 is 1.88. The molecule has 1 heterocycles. The molecule has 0 atom stereocenters. The van der Waals surface area contributed by atoms with Crippen LogP contribution in [0.15, 0.2) is 47.4 Å². The van der Waals surface area contributed by atoms with Gasteiger partial charge in [-0.25, -0.2) is 0 Å². The van der Waals surface area contributed by atoms with E-state index in [0.717, 1.165) is 25.3 Å². The monoisotopic (exact) mass is 284 g/mol. The summed E-state index contributed by atoms with van der Waals surface area (Å²) in [6, 6.07) is 15.1. The van der Waals surface area contributed by atoms with Gasteiger partial charge in [0, 0.05) is 29.4 Å². The van der Waals surface area contributed by atoms with Gasteiger partial charge in [-0.1, -0.05) is 37.3 Å². The Hall–Kier alpha value is -1.61. The van der Waals surface area contributed by atoms with Gasteiger partial charge in [-0.2, -0.15) is 0 Å². The lowest BCUT2D eigenvalue weighted by Crippen LogP contribution is -2.03. The van der Waals surface area contributed by atoms with E-state index in [-0.39, 0.29) is 0 Å². The Morgan fingerprint density at radius 3 is 2.95 bits per heavy atom. The van der Waals surface area contributed by atoms with Crippen LogP contribution in [0.5, 0.6) is 0 Å². The number of hydrogen-bond donors (Lipinski definition) is 2. The first-order valence-electron chi connectivity index (χ1n) is 7.19. The highest BCUT2D eigenvalue weighted by atomic mass is 32.2. The first-order chi connectivity index (χ1) is 9.88. The quantitative estimate of drug-likeness (QED) is 0.797. The van der Waals surface area contributed by atoms with Gasteiger partial charge in [0.25, 0.3) is 0 Å². The molecule has 3 rings (SSSR count). The number of rotatable bonds is 5. The van der Waals surface area contributed by atoms with Crippen molar-refractivity contribution in [2.45, 2.75) is 24.8 Å². The number of para-hydroxylation sites is 2. The van der Waals surface area contributed by atoms with Crippen molar-refractivity contribution in [3.05, 3.63) is 53.6 Å². The molecule has 1 aliphatic heterocycles. The van der Waals surface area contributed by atoms with Gasteiger partial charge in [0.05, 0.1) is 0 Å². The molecule has 2 aromatic carbocycles. The minimum atomic E-state index is 0.872. The summed E-state index contributed by atoms with van der Waals surface area (Å²) in [6.45, 7) is 4.13. The SMILES string of the molecule is CCSc1ccccc1NCc1cccc2c1NCC2. The molecule has 3 heteroatoms. The van der Waals surface area contributed by atoms with E-state index in [1.54, 1.807) is 0 Å². The third kappa shape index (κ3) is 2.78. The Morgan fingerprint density at radius 1 is 1.15 bits per heavy atom. The summed E-state index contributed by atoms with van der Waals surface area (Å²) in [5, 5.41) is 7.08. The van der Waals surface area contributed by atoms with Gasteiger partial charge in [0.15, 0.2) is 0 Å². The van der Waals surface area contributed by atoms with Crippen LogP contribution >= 0.6 is 11.8 Å². The Kier molecular flexibility index (Phi) is 4.16. The second-order valence-electron chi connectivity index (χ2n) is 4.91. The van der Waals surface area contributed by atoms with Crippen molar-refractivity contribution in [1.29, 1.82) is 0 Å². The molecule has 0 bridgehead atoms. The predicted octanol–water partition coefficient (Wildman–Crippen LogP) is 4.38. The summed E-state index contributed by atoms with van der Waals surface area (Å²) < 4.78 is 0. The van der Waals surface area contributed by atoms with Crippen LogP contribution in [0.25, 0.3) is 0 Å². The first kappa shape index (κ1) is 13.4. The Balaban J connectivity index is 1.76. The van der Waals surface area contributed by atoms with Crippen LogP contribution in [-0.4, -0.2) is 12.3 Å². The van der Waals surface area contributed by atoms with Crippen LogP contribution in [-0.2, 0) is 13.0 Å². The van der Waals surface area contributed by atoms with Crippen molar-refractivity contribution in [1.82, 2.24) is 0 Å². The maximum absolute atomic E-state index is 3.58. The highest BCUT2D eigenvalue weighted by molar-refractivity contribution is 7.99. The molecule has 0 saturated carbocycles. The van der Waals surface area contributed by atoms with Crippen LogP contribution in [0.4, 0.5) is 11.4 Å². The van der Waals surface area contributed by atoms with Gasteiger partial charge in [0.1, 0.15) is 0 Å². The summed E-state index contributed by atoms with van der Waals surface area (Å²) in [6.07, 6.45) is 1.14. The average Bonchev–Trinajstić information content (AvgIpc) is 2.96. The van der Waals surface area contributed by atoms with E-state index in [0.29, 0.717) is 0 Å². The molecular formula is C17H20N2S. The lowest BCUT2D eigenvalue weighted by atomic mass is 10.1. The van der Waals surface area contributed by atoms with E-state index >= 15 is 0 Å². The number of thioether (sulfide) groups is 1. The first-order valence-corrected chi connectivity index (χ1v) is 8.17. The molecule has 2 N–H and O–H groups in total. The Bertz CT molecular complexity index is 595. The number of anilines is 2. The normalized spacial score (nSPS) is 12.8. The molecule has 0 radical (unpaired) electrons. The maximum atomic E-state index is 3.58. The molecule has 0 amide bonds. The standard InChI is InChI=1S/C17H20N2S/c1-2-20-16-9-4-3-8-15(16)19-12-14-7-5-6-13-10-11-18-17(13)14/h3-9,18-19H,2,10-12H2,1H3. The van der Waals surface area contributed by atoms with E-state index < -0.39 is 0 Å². The molecule has 2 nitrogen and oxygen atoms in total. The Labute approximate surface area is 125 Å². The maximum Gasteiger partial charge on any atom is 0.0481 e. The van der Waals surface area contributed by atoms with Crippen molar-refractivity contribution in [3.8, 4) is 0 Å². The summed E-state index contributed by atoms with van der Waals surface area (Å²) in [5.74, 6) is 1.10. The van der Waals surface area contributed by atoms with E-state index in [1.807, 2.05) is 11.8 Å². The predicted molar refractivity (Wildman–Crippen MR) is 88.8 cm³/mol. The van der Waals surface area contributed by atoms with Gasteiger partial charge < -0.3 is 10.6 Å². The second kappa shape index (κ2) is 6.23. The van der Waals surface area contributed by atoms with Gasteiger partial charge >= 0.3 is 0 Å². The second-order valence-corrected chi connectivity index (χ2v) is 6.22. The van der Waals surface area contributed by atoms with E-state index in [4.69, 9.17) is 0 Å². The molecule has 2 aromatic rings. The molecule has 104 valence electrons. The topological polar surface area (TPSA) is 24.1 Å². The number of benzene rings is 2. The van der Waals surface area contributed by atoms with Gasteiger partial charge in [-0.05, 0) is 35.4 Å². The molecule has 0 aliphatic carbocycles. The van der Waals surface area contributed by atoms with E-state index in [2.05, 4.69) is 60.0 Å². The summed E-state index contributed by atoms with van der Waals surface area (Å²) in [5.41, 5.74) is 5.37. The lowest BCUT2D eigenvalue weighted by Gasteiger charge is -2.13. The van der Waals surface area contributed by atoms with Crippen molar-refractivity contribution in [2.24, 2.45) is 0 Å². The third-order valence-corrected chi connectivity index (χ3v) is 4.55. The smallest absolute Gasteiger partial charge is 0.0481 e. The van der Waals surface area contributed by atoms with Gasteiger partial charge in [0.2, 0.25) is 0 Å². The average molecular weight is 284 g/mol. The van der Waals surface area contributed by atoms with Crippen LogP contribution in [0.1, 0.15) is 18.1 Å². The fourth-order valence-electron chi connectivity index (χ4n) is 2.64. The van der Waals surface area contributed by atoms with E-state index in [1.165, 1.54) is 27.4 Å². The highest BCUT2D eigenvalue weighted by Crippen LogP contribution is 2.30. The van der Waals surface area contributed by atoms with Crippen LogP contribution in [0.2, 0.25) is 0 Å². The molecule has 0 saturated heterocycles. The molecule has 0 fully saturated rings. The number of fused-ring (bicyclic) bond motifs is 1. The summed E-state index contributed by atoms with van der Waals surface area (Å²) in [4.78, 5) is 1.33. The zero-order valence-electron chi connectivity index (χ0n) is 11.8. The summed E-state index contributed by atoms with van der Waals surface area (Å²) in [7, 11) is 0. The van der Waals surface area contributed by atoms with Crippen LogP contribution in [0.3, 0.4) is 0 Å². The van der Waals surface area contributed by atoms with Crippen molar-refractivity contribution in [3.63, 3.8) is 0 Å². The van der Waals surface area contributed by atoms with E-state index in [9.17, 15) is 0 Å². The lowest BCUT2D eigenvalue weighted by molar-refractivity contribution is 1.11. The fourth-order valence-corrected chi connectivity index (χ4v) is 3.42. The largest absolute Gasteiger partial charge is 0.384 e. The van der Waals surface area contributed by atoms with Crippen molar-refractivity contribution >= 4 is 23.1 Å². The zero-order valence-corrected chi connectivity index (χ0v) is 12.6. The molecule has 0 aromatic heterocycles. The van der Waals surface area contributed by atoms with Crippen LogP contribution < -0.4 is 10.6 Å². The number of nitrogens with one attached hydrogen (secondary N) is 2. The zero-order chi connectivity index (χ0) is 13.8. The molecule has 1 aliphatic rings. The van der Waals surface area contributed by atoms with Crippen molar-refractivity contribution < 1.29 is 0 Å². The molecular weight excluding hydrogens is 264 g/mol. The third-order valence-electron chi connectivity index (χ3n) is 3.59. The minimum absolute atomic E-state index is 0.872. The molecule has 20 heavy (non-hydrogen) atoms. The Morgan fingerprint density at radius 2 is 2.05 bits per heavy atom. The van der Waals surface area contributed by atoms with Crippen molar-refractivity contribution in [2.75, 3.05) is 22.9 Å². The minimum Gasteiger partial charge on any atom is -0.384 e. The van der Waals surface area contributed by atoms with Gasteiger partial charge in [-0.3, -0.25) is 0 Å². The molecule has 0 unspecified atom stereocenters. The van der Waals surface area contributed by atoms with Crippen LogP contribution in [0, 0.1) is 0 Å². The fraction of sp³-hybridized carbons (Fsp3) is 0.294. The molecule has 0 spiro atoms. The number of hydrogen-bond acceptors (Lipinski definition) is 3.